The lowest BCUT2D eigenvalue weighted by atomic mass is 9.87. The molecule has 1 N–H and O–H groups in total. The van der Waals surface area contributed by atoms with E-state index >= 15 is 0 Å². The lowest BCUT2D eigenvalue weighted by Gasteiger charge is -2.51. The van der Waals surface area contributed by atoms with Crippen LogP contribution in [0.4, 0.5) is 0 Å². The number of nitrogens with zero attached hydrogens (tertiary/aromatic N) is 1. The fourth-order valence-corrected chi connectivity index (χ4v) is 2.94. The van der Waals surface area contributed by atoms with E-state index in [2.05, 4.69) is 37.9 Å². The fraction of sp³-hybridized carbons (Fsp3) is 1.00. The minimum atomic E-state index is 0.244. The quantitative estimate of drug-likeness (QED) is 0.815. The Bertz CT molecular complexity index is 261. The van der Waals surface area contributed by atoms with Crippen molar-refractivity contribution in [3.05, 3.63) is 0 Å². The van der Waals surface area contributed by atoms with Gasteiger partial charge >= 0.3 is 0 Å². The van der Waals surface area contributed by atoms with E-state index in [4.69, 9.17) is 4.74 Å². The lowest BCUT2D eigenvalue weighted by molar-refractivity contribution is 0.0108. The molecule has 0 aliphatic carbocycles. The highest BCUT2D eigenvalue weighted by Gasteiger charge is 2.40. The minimum Gasteiger partial charge on any atom is -0.381 e. The van der Waals surface area contributed by atoms with Gasteiger partial charge in [0.05, 0.1) is 6.61 Å². The third-order valence-electron chi connectivity index (χ3n) is 4.56. The van der Waals surface area contributed by atoms with Gasteiger partial charge < -0.3 is 10.1 Å². The Morgan fingerprint density at radius 1 is 1.35 bits per heavy atom. The lowest BCUT2D eigenvalue weighted by Crippen LogP contribution is -2.67. The highest BCUT2D eigenvalue weighted by Crippen LogP contribution is 2.28. The van der Waals surface area contributed by atoms with Crippen LogP contribution in [0, 0.1) is 5.92 Å². The van der Waals surface area contributed by atoms with Crippen molar-refractivity contribution in [2.75, 3.05) is 32.8 Å². The summed E-state index contributed by atoms with van der Waals surface area (Å²) in [7, 11) is 0. The summed E-state index contributed by atoms with van der Waals surface area (Å²) in [5, 5.41) is 3.68. The van der Waals surface area contributed by atoms with Crippen LogP contribution in [0.5, 0.6) is 0 Å². The maximum atomic E-state index is 5.51. The average Bonchev–Trinajstić information content (AvgIpc) is 2.76. The van der Waals surface area contributed by atoms with Crippen molar-refractivity contribution >= 4 is 0 Å². The van der Waals surface area contributed by atoms with Gasteiger partial charge in [-0.1, -0.05) is 6.92 Å². The van der Waals surface area contributed by atoms with Crippen LogP contribution < -0.4 is 5.32 Å². The van der Waals surface area contributed by atoms with E-state index in [-0.39, 0.29) is 5.54 Å². The molecule has 0 bridgehead atoms. The van der Waals surface area contributed by atoms with Gasteiger partial charge in [0.15, 0.2) is 0 Å². The van der Waals surface area contributed by atoms with Crippen molar-refractivity contribution in [1.29, 1.82) is 0 Å². The molecule has 100 valence electrons. The zero-order chi connectivity index (χ0) is 12.5. The van der Waals surface area contributed by atoms with Crippen LogP contribution in [-0.4, -0.2) is 48.8 Å². The smallest absolute Gasteiger partial charge is 0.0507 e. The Morgan fingerprint density at radius 3 is 2.71 bits per heavy atom. The zero-order valence-electron chi connectivity index (χ0n) is 11.9. The number of ether oxygens (including phenoxy) is 1. The van der Waals surface area contributed by atoms with Crippen LogP contribution in [0.3, 0.4) is 0 Å². The third kappa shape index (κ3) is 3.01. The van der Waals surface area contributed by atoms with Crippen molar-refractivity contribution < 1.29 is 4.74 Å². The molecule has 0 aromatic carbocycles. The van der Waals surface area contributed by atoms with Crippen molar-refractivity contribution in [2.24, 2.45) is 5.92 Å². The fourth-order valence-electron chi connectivity index (χ4n) is 2.94. The molecule has 0 radical (unpaired) electrons. The Kier molecular flexibility index (Phi) is 3.81. The Morgan fingerprint density at radius 2 is 2.12 bits per heavy atom. The molecule has 0 saturated carbocycles. The molecule has 2 aliphatic heterocycles. The topological polar surface area (TPSA) is 24.5 Å². The zero-order valence-corrected chi connectivity index (χ0v) is 11.9. The molecular weight excluding hydrogens is 212 g/mol. The van der Waals surface area contributed by atoms with Gasteiger partial charge in [-0.05, 0) is 39.5 Å². The summed E-state index contributed by atoms with van der Waals surface area (Å²) in [5.41, 5.74) is 0.562. The Hall–Kier alpha value is -0.120. The number of piperazine rings is 1. The molecule has 2 saturated heterocycles. The van der Waals surface area contributed by atoms with Crippen LogP contribution in [0.15, 0.2) is 0 Å². The average molecular weight is 240 g/mol. The molecule has 17 heavy (non-hydrogen) atoms. The molecule has 3 nitrogen and oxygen atoms in total. The summed E-state index contributed by atoms with van der Waals surface area (Å²) in [6, 6.07) is 0. The van der Waals surface area contributed by atoms with Crippen LogP contribution in [0.2, 0.25) is 0 Å². The first-order valence-corrected chi connectivity index (χ1v) is 7.03. The normalized spacial score (nSPS) is 38.5. The number of rotatable bonds is 3. The summed E-state index contributed by atoms with van der Waals surface area (Å²) < 4.78 is 5.51. The van der Waals surface area contributed by atoms with Gasteiger partial charge in [0.25, 0.3) is 0 Å². The first kappa shape index (κ1) is 13.3. The van der Waals surface area contributed by atoms with Crippen LogP contribution in [0.25, 0.3) is 0 Å². The molecule has 0 aromatic rings. The second kappa shape index (κ2) is 4.87. The number of nitrogens with one attached hydrogen (secondary N) is 1. The maximum absolute atomic E-state index is 5.51. The third-order valence-corrected chi connectivity index (χ3v) is 4.56. The van der Waals surface area contributed by atoms with Gasteiger partial charge in [-0.15, -0.1) is 0 Å². The minimum absolute atomic E-state index is 0.244. The molecular formula is C14H28N2O. The highest BCUT2D eigenvalue weighted by atomic mass is 16.5. The van der Waals surface area contributed by atoms with Gasteiger partial charge in [-0.2, -0.15) is 0 Å². The Balaban J connectivity index is 2.02. The monoisotopic (exact) mass is 240 g/mol. The first-order chi connectivity index (χ1) is 7.95. The van der Waals surface area contributed by atoms with Crippen molar-refractivity contribution in [2.45, 2.75) is 51.6 Å². The van der Waals surface area contributed by atoms with E-state index in [0.717, 1.165) is 32.2 Å². The summed E-state index contributed by atoms with van der Waals surface area (Å²) in [4.78, 5) is 2.70. The van der Waals surface area contributed by atoms with Gasteiger partial charge in [-0.3, -0.25) is 4.90 Å². The second-order valence-corrected chi connectivity index (χ2v) is 6.70. The molecule has 2 atom stereocenters. The van der Waals surface area contributed by atoms with Gasteiger partial charge in [-0.25, -0.2) is 0 Å². The number of hydrogen-bond donors (Lipinski definition) is 1. The summed E-state index contributed by atoms with van der Waals surface area (Å²) >= 11 is 0. The van der Waals surface area contributed by atoms with Crippen molar-refractivity contribution in [3.63, 3.8) is 0 Å². The van der Waals surface area contributed by atoms with E-state index in [1.165, 1.54) is 19.4 Å². The molecule has 3 heteroatoms. The Labute approximate surface area is 106 Å². The summed E-state index contributed by atoms with van der Waals surface area (Å²) in [6.45, 7) is 14.7. The van der Waals surface area contributed by atoms with Crippen LogP contribution in [-0.2, 0) is 4.74 Å². The summed E-state index contributed by atoms with van der Waals surface area (Å²) in [6.07, 6.45) is 2.45. The maximum Gasteiger partial charge on any atom is 0.0507 e. The molecule has 2 rings (SSSR count). The van der Waals surface area contributed by atoms with E-state index in [1.54, 1.807) is 0 Å². The molecule has 2 unspecified atom stereocenters. The molecule has 0 spiro atoms. The predicted molar refractivity (Wildman–Crippen MR) is 71.3 cm³/mol. The van der Waals surface area contributed by atoms with Gasteiger partial charge in [0.1, 0.15) is 0 Å². The van der Waals surface area contributed by atoms with Crippen LogP contribution >= 0.6 is 0 Å². The summed E-state index contributed by atoms with van der Waals surface area (Å²) in [5.74, 6) is 0.745. The predicted octanol–water partition coefficient (Wildman–Crippen LogP) is 1.88. The first-order valence-electron chi connectivity index (χ1n) is 7.03. The molecule has 0 aromatic heterocycles. The standard InChI is InChI=1S/C14H28N2O/c1-5-14(4)10-15-13(2,3)11-16(14)8-12-6-7-17-9-12/h12,15H,5-11H2,1-4H3. The van der Waals surface area contributed by atoms with Crippen molar-refractivity contribution in [3.8, 4) is 0 Å². The van der Waals surface area contributed by atoms with E-state index < -0.39 is 0 Å². The highest BCUT2D eigenvalue weighted by molar-refractivity contribution is 4.99. The molecule has 2 heterocycles. The SMILES string of the molecule is CCC1(C)CNC(C)(C)CN1CC1CCOC1. The molecule has 2 aliphatic rings. The van der Waals surface area contributed by atoms with Gasteiger partial charge in [0.2, 0.25) is 0 Å². The largest absolute Gasteiger partial charge is 0.381 e. The van der Waals surface area contributed by atoms with E-state index in [9.17, 15) is 0 Å². The molecule has 2 fully saturated rings. The second-order valence-electron chi connectivity index (χ2n) is 6.70. The van der Waals surface area contributed by atoms with Crippen LogP contribution in [0.1, 0.15) is 40.5 Å². The van der Waals surface area contributed by atoms with E-state index in [0.29, 0.717) is 5.54 Å². The van der Waals surface area contributed by atoms with E-state index in [1.807, 2.05) is 0 Å². The van der Waals surface area contributed by atoms with Gasteiger partial charge in [0, 0.05) is 37.3 Å². The molecule has 0 amide bonds. The number of hydrogen-bond acceptors (Lipinski definition) is 3. The van der Waals surface area contributed by atoms with Crippen molar-refractivity contribution in [1.82, 2.24) is 10.2 Å².